The van der Waals surface area contributed by atoms with Crippen molar-refractivity contribution in [3.8, 4) is 11.4 Å². The number of ether oxygens (including phenoxy) is 1. The summed E-state index contributed by atoms with van der Waals surface area (Å²) in [6.07, 6.45) is -2.57. The number of imidazole rings is 1. The molecule has 0 radical (unpaired) electrons. The van der Waals surface area contributed by atoms with E-state index in [2.05, 4.69) is 24.4 Å². The zero-order valence-corrected chi connectivity index (χ0v) is 20.7. The van der Waals surface area contributed by atoms with Crippen LogP contribution in [-0.4, -0.2) is 72.2 Å². The highest BCUT2D eigenvalue weighted by Crippen LogP contribution is 2.35. The summed E-state index contributed by atoms with van der Waals surface area (Å²) < 4.78 is 91.1. The van der Waals surface area contributed by atoms with Crippen molar-refractivity contribution in [2.45, 2.75) is 18.1 Å². The maximum absolute atomic E-state index is 13.2. The van der Waals surface area contributed by atoms with Gasteiger partial charge in [-0.25, -0.2) is 27.6 Å². The molecule has 16 heteroatoms. The van der Waals surface area contributed by atoms with E-state index in [0.717, 1.165) is 6.07 Å². The lowest BCUT2D eigenvalue weighted by atomic mass is 10.2. The van der Waals surface area contributed by atoms with Crippen molar-refractivity contribution in [1.82, 2.24) is 29.1 Å². The average Bonchev–Trinajstić information content (AvgIpc) is 3.37. The van der Waals surface area contributed by atoms with E-state index in [-0.39, 0.29) is 69.5 Å². The smallest absolute Gasteiger partial charge is 0.379 e. The number of aryl methyl sites for hydroxylation is 1. The minimum absolute atomic E-state index is 0.00937. The Morgan fingerprint density at radius 2 is 1.92 bits per heavy atom. The Kier molecular flexibility index (Phi) is 5.79. The Morgan fingerprint density at radius 3 is 2.58 bits per heavy atom. The second-order valence-corrected chi connectivity index (χ2v) is 12.8. The van der Waals surface area contributed by atoms with Gasteiger partial charge in [-0.2, -0.15) is 27.1 Å². The van der Waals surface area contributed by atoms with Gasteiger partial charge in [0.2, 0.25) is 0 Å². The first-order valence-corrected chi connectivity index (χ1v) is 14.2. The van der Waals surface area contributed by atoms with Crippen molar-refractivity contribution in [2.24, 2.45) is 11.4 Å². The molecule has 1 aliphatic heterocycles. The predicted molar refractivity (Wildman–Crippen MR) is 124 cm³/mol. The maximum Gasteiger partial charge on any atom is 0.417 e. The van der Waals surface area contributed by atoms with E-state index in [1.165, 1.54) is 35.3 Å². The summed E-state index contributed by atoms with van der Waals surface area (Å²) in [4.78, 5) is 12.4. The van der Waals surface area contributed by atoms with Gasteiger partial charge in [0, 0.05) is 25.5 Å². The number of sulfone groups is 1. The van der Waals surface area contributed by atoms with Crippen LogP contribution in [0, 0.1) is 0 Å². The van der Waals surface area contributed by atoms with Gasteiger partial charge < -0.3 is 9.30 Å². The van der Waals surface area contributed by atoms with E-state index in [1.807, 2.05) is 0 Å². The minimum Gasteiger partial charge on any atom is -0.379 e. The van der Waals surface area contributed by atoms with Crippen molar-refractivity contribution >= 4 is 42.2 Å². The molecule has 4 aromatic heterocycles. The molecule has 4 aromatic rings. The van der Waals surface area contributed by atoms with Crippen LogP contribution in [0.25, 0.3) is 28.2 Å². The van der Waals surface area contributed by atoms with Crippen LogP contribution >= 0.6 is 0 Å². The summed E-state index contributed by atoms with van der Waals surface area (Å²) in [5, 5.41) is 3.89. The van der Waals surface area contributed by atoms with Crippen molar-refractivity contribution < 1.29 is 30.5 Å². The number of hydrogen-bond acceptors (Lipinski definition) is 9. The van der Waals surface area contributed by atoms with Crippen molar-refractivity contribution in [3.63, 3.8) is 0 Å². The lowest BCUT2D eigenvalue weighted by Gasteiger charge is -2.16. The Morgan fingerprint density at radius 1 is 1.19 bits per heavy atom. The molecular formula is C20H20F3N7O4S2. The van der Waals surface area contributed by atoms with Gasteiger partial charge in [0.15, 0.2) is 32.0 Å². The topological polar surface area (TPSA) is 134 Å². The Labute approximate surface area is 203 Å². The molecule has 0 amide bonds. The highest BCUT2D eigenvalue weighted by molar-refractivity contribution is 7.93. The molecule has 192 valence electrons. The largest absolute Gasteiger partial charge is 0.417 e. The Hall–Kier alpha value is -3.11. The Balaban J connectivity index is 1.81. The van der Waals surface area contributed by atoms with Crippen molar-refractivity contribution in [1.29, 1.82) is 0 Å². The van der Waals surface area contributed by atoms with E-state index in [1.54, 1.807) is 0 Å². The molecule has 0 bridgehead atoms. The molecule has 36 heavy (non-hydrogen) atoms. The van der Waals surface area contributed by atoms with E-state index in [0.29, 0.717) is 6.20 Å². The van der Waals surface area contributed by atoms with Gasteiger partial charge in [0.05, 0.1) is 45.8 Å². The maximum atomic E-state index is 13.2. The second kappa shape index (κ2) is 8.48. The summed E-state index contributed by atoms with van der Waals surface area (Å²) in [6.45, 7) is 2.00. The van der Waals surface area contributed by atoms with Gasteiger partial charge >= 0.3 is 6.18 Å². The number of aromatic nitrogens is 6. The van der Waals surface area contributed by atoms with Crippen LogP contribution in [0.5, 0.6) is 0 Å². The van der Waals surface area contributed by atoms with Crippen LogP contribution in [0.2, 0.25) is 0 Å². The number of nitrogens with zero attached hydrogens (tertiary/aromatic N) is 7. The molecule has 1 fully saturated rings. The van der Waals surface area contributed by atoms with Crippen LogP contribution in [0.3, 0.4) is 0 Å². The van der Waals surface area contributed by atoms with Crippen LogP contribution in [-0.2, 0) is 37.5 Å². The predicted octanol–water partition coefficient (Wildman–Crippen LogP) is 2.62. The van der Waals surface area contributed by atoms with Gasteiger partial charge in [0.25, 0.3) is 0 Å². The van der Waals surface area contributed by atoms with Gasteiger partial charge in [-0.05, 0) is 6.07 Å². The first-order valence-electron chi connectivity index (χ1n) is 10.7. The second-order valence-electron chi connectivity index (χ2n) is 8.07. The molecule has 1 aliphatic rings. The van der Waals surface area contributed by atoms with E-state index in [9.17, 15) is 25.8 Å². The number of alkyl halides is 3. The van der Waals surface area contributed by atoms with Crippen LogP contribution in [0.1, 0.15) is 12.5 Å². The molecule has 0 aromatic carbocycles. The van der Waals surface area contributed by atoms with Crippen LogP contribution in [0.4, 0.5) is 19.0 Å². The monoisotopic (exact) mass is 543 g/mol. The minimum atomic E-state index is -4.63. The molecule has 11 nitrogen and oxygen atoms in total. The molecule has 0 atom stereocenters. The molecule has 0 spiro atoms. The number of rotatable bonds is 4. The lowest BCUT2D eigenvalue weighted by molar-refractivity contribution is -0.137. The number of fused-ring (bicyclic) bond motifs is 2. The molecule has 5 heterocycles. The lowest BCUT2D eigenvalue weighted by Crippen LogP contribution is -2.25. The summed E-state index contributed by atoms with van der Waals surface area (Å²) in [7, 11) is -5.11. The van der Waals surface area contributed by atoms with E-state index in [4.69, 9.17) is 4.74 Å². The third-order valence-corrected chi connectivity index (χ3v) is 9.52. The molecule has 0 saturated carbocycles. The molecule has 1 saturated heterocycles. The molecular weight excluding hydrogens is 523 g/mol. The van der Waals surface area contributed by atoms with Gasteiger partial charge in [-0.3, -0.25) is 0 Å². The van der Waals surface area contributed by atoms with Gasteiger partial charge in [-0.15, -0.1) is 0 Å². The Bertz CT molecular complexity index is 1720. The zero-order valence-electron chi connectivity index (χ0n) is 19.1. The SMILES string of the molecule is CCS(=O)(=O)c1nn2c(N=S3(=O)CCOCC3)ccnc2c1-c1nc2cc(C(F)(F)F)cnc2n1C. The zero-order chi connectivity index (χ0) is 25.9. The fourth-order valence-corrected chi connectivity index (χ4v) is 6.43. The first-order chi connectivity index (χ1) is 16.9. The van der Waals surface area contributed by atoms with Crippen LogP contribution in [0.15, 0.2) is 33.9 Å². The van der Waals surface area contributed by atoms with Crippen LogP contribution < -0.4 is 0 Å². The summed E-state index contributed by atoms with van der Waals surface area (Å²) in [5.74, 6) is 0.261. The third-order valence-electron chi connectivity index (χ3n) is 5.75. The van der Waals surface area contributed by atoms with Gasteiger partial charge in [0.1, 0.15) is 16.9 Å². The summed E-state index contributed by atoms with van der Waals surface area (Å²) >= 11 is 0. The molecule has 0 aliphatic carbocycles. The number of pyridine rings is 1. The molecule has 5 rings (SSSR count). The third kappa shape index (κ3) is 4.12. The van der Waals surface area contributed by atoms with Crippen molar-refractivity contribution in [2.75, 3.05) is 30.5 Å². The molecule has 0 N–H and O–H groups in total. The molecule has 0 unspecified atom stereocenters. The highest BCUT2D eigenvalue weighted by atomic mass is 32.2. The fraction of sp³-hybridized carbons (Fsp3) is 0.400. The quantitative estimate of drug-likeness (QED) is 0.384. The average molecular weight is 544 g/mol. The van der Waals surface area contributed by atoms with E-state index >= 15 is 0 Å². The standard InChI is InChI=1S/C20H20F3N7O4S2/c1-3-36(32,33)19-15(18-26-13-10-12(20(21,22)23)11-25-16(13)29(18)2)17-24-5-4-14(30(17)27-19)28-35(31)8-6-34-7-9-35/h4-5,10-11H,3,6-9H2,1-2H3. The number of hydrogen-bond donors (Lipinski definition) is 0. The normalized spacial score (nSPS) is 16.6. The fourth-order valence-electron chi connectivity index (χ4n) is 3.83. The summed E-state index contributed by atoms with van der Waals surface area (Å²) in [5.41, 5.74) is -0.909. The van der Waals surface area contributed by atoms with Crippen molar-refractivity contribution in [3.05, 3.63) is 30.1 Å². The number of halogens is 3. The highest BCUT2D eigenvalue weighted by Gasteiger charge is 2.33. The summed E-state index contributed by atoms with van der Waals surface area (Å²) in [6, 6.07) is 2.30. The first kappa shape index (κ1) is 24.6. The van der Waals surface area contributed by atoms with E-state index < -0.39 is 31.3 Å². The van der Waals surface area contributed by atoms with Gasteiger partial charge in [-0.1, -0.05) is 6.92 Å².